The molecular formula is C14H18N2O3S2. The van der Waals surface area contributed by atoms with Crippen LogP contribution in [0.25, 0.3) is 10.2 Å². The minimum Gasteiger partial charge on any atom is -0.373 e. The molecule has 2 heterocycles. The van der Waals surface area contributed by atoms with E-state index in [1.54, 1.807) is 23.5 Å². The molecule has 1 aromatic heterocycles. The number of benzene rings is 1. The summed E-state index contributed by atoms with van der Waals surface area (Å²) in [7, 11) is -3.49. The molecule has 2 aromatic rings. The average molecular weight is 326 g/mol. The number of morpholine rings is 1. The van der Waals surface area contributed by atoms with Crippen molar-refractivity contribution in [3.63, 3.8) is 0 Å². The number of aryl methyl sites for hydroxylation is 1. The Labute approximate surface area is 128 Å². The third kappa shape index (κ3) is 2.83. The first-order valence-electron chi connectivity index (χ1n) is 6.89. The van der Waals surface area contributed by atoms with Gasteiger partial charge < -0.3 is 4.74 Å². The summed E-state index contributed by atoms with van der Waals surface area (Å²) in [6.45, 7) is 6.49. The number of nitrogens with zero attached hydrogens (tertiary/aromatic N) is 2. The monoisotopic (exact) mass is 326 g/mol. The van der Waals surface area contributed by atoms with Crippen LogP contribution in [0.1, 0.15) is 18.9 Å². The summed E-state index contributed by atoms with van der Waals surface area (Å²) in [6, 6.07) is 5.17. The van der Waals surface area contributed by atoms with Crippen LogP contribution >= 0.6 is 11.3 Å². The predicted molar refractivity (Wildman–Crippen MR) is 83.1 cm³/mol. The lowest BCUT2D eigenvalue weighted by Gasteiger charge is -2.34. The van der Waals surface area contributed by atoms with Gasteiger partial charge in [-0.2, -0.15) is 4.31 Å². The molecule has 3 rings (SSSR count). The summed E-state index contributed by atoms with van der Waals surface area (Å²) in [5.74, 6) is 0. The van der Waals surface area contributed by atoms with Gasteiger partial charge in [0.15, 0.2) is 0 Å². The van der Waals surface area contributed by atoms with E-state index in [4.69, 9.17) is 4.74 Å². The van der Waals surface area contributed by atoms with E-state index in [0.29, 0.717) is 18.0 Å². The van der Waals surface area contributed by atoms with Gasteiger partial charge in [0.2, 0.25) is 10.0 Å². The van der Waals surface area contributed by atoms with Gasteiger partial charge in [0.1, 0.15) is 0 Å². The lowest BCUT2D eigenvalue weighted by molar-refractivity contribution is -0.0440. The third-order valence-electron chi connectivity index (χ3n) is 3.49. The number of fused-ring (bicyclic) bond motifs is 1. The number of hydrogen-bond acceptors (Lipinski definition) is 5. The van der Waals surface area contributed by atoms with E-state index in [2.05, 4.69) is 4.98 Å². The molecule has 2 unspecified atom stereocenters. The zero-order chi connectivity index (χ0) is 15.2. The van der Waals surface area contributed by atoms with Crippen LogP contribution in [0.4, 0.5) is 0 Å². The van der Waals surface area contributed by atoms with Gasteiger partial charge in [-0.25, -0.2) is 13.4 Å². The summed E-state index contributed by atoms with van der Waals surface area (Å²) in [5, 5.41) is 0.938. The van der Waals surface area contributed by atoms with Gasteiger partial charge in [0.25, 0.3) is 0 Å². The molecular weight excluding hydrogens is 308 g/mol. The Kier molecular flexibility index (Phi) is 3.77. The van der Waals surface area contributed by atoms with E-state index in [1.807, 2.05) is 26.8 Å². The van der Waals surface area contributed by atoms with Crippen LogP contribution in [0.2, 0.25) is 0 Å². The molecule has 0 spiro atoms. The van der Waals surface area contributed by atoms with Gasteiger partial charge >= 0.3 is 0 Å². The molecule has 5 nitrogen and oxygen atoms in total. The summed E-state index contributed by atoms with van der Waals surface area (Å²) in [6.07, 6.45) is -0.178. The van der Waals surface area contributed by atoms with Crippen LogP contribution in [-0.4, -0.2) is 43.0 Å². The smallest absolute Gasteiger partial charge is 0.243 e. The standard InChI is InChI=1S/C14H18N2O3S2/c1-9-7-16(8-10(2)19-9)21(17,18)12-4-5-14-13(6-12)15-11(3)20-14/h4-6,9-10H,7-8H2,1-3H3. The molecule has 1 aliphatic rings. The molecule has 2 atom stereocenters. The minimum atomic E-state index is -3.49. The van der Waals surface area contributed by atoms with Gasteiger partial charge in [0.05, 0.1) is 32.3 Å². The van der Waals surface area contributed by atoms with Gasteiger partial charge in [-0.1, -0.05) is 0 Å². The predicted octanol–water partition coefficient (Wildman–Crippen LogP) is 2.40. The molecule has 7 heteroatoms. The van der Waals surface area contributed by atoms with E-state index in [-0.39, 0.29) is 12.2 Å². The zero-order valence-electron chi connectivity index (χ0n) is 12.2. The largest absolute Gasteiger partial charge is 0.373 e. The summed E-state index contributed by atoms with van der Waals surface area (Å²) in [5.41, 5.74) is 0.743. The molecule has 1 aromatic carbocycles. The fourth-order valence-corrected chi connectivity index (χ4v) is 5.08. The summed E-state index contributed by atoms with van der Waals surface area (Å²) >= 11 is 1.57. The Morgan fingerprint density at radius 3 is 2.62 bits per heavy atom. The van der Waals surface area contributed by atoms with Crippen molar-refractivity contribution >= 4 is 31.6 Å². The number of ether oxygens (including phenoxy) is 1. The van der Waals surface area contributed by atoms with Gasteiger partial charge in [-0.15, -0.1) is 11.3 Å². The first-order chi connectivity index (χ1) is 9.86. The maximum absolute atomic E-state index is 12.8. The first-order valence-corrected chi connectivity index (χ1v) is 9.15. The molecule has 0 aliphatic carbocycles. The number of hydrogen-bond donors (Lipinski definition) is 0. The van der Waals surface area contributed by atoms with E-state index in [0.717, 1.165) is 15.2 Å². The van der Waals surface area contributed by atoms with Crippen molar-refractivity contribution in [2.45, 2.75) is 37.9 Å². The van der Waals surface area contributed by atoms with Crippen LogP contribution in [-0.2, 0) is 14.8 Å². The molecule has 21 heavy (non-hydrogen) atoms. The number of rotatable bonds is 2. The second-order valence-corrected chi connectivity index (χ2v) is 8.61. The van der Waals surface area contributed by atoms with Crippen molar-refractivity contribution < 1.29 is 13.2 Å². The van der Waals surface area contributed by atoms with Gasteiger partial charge in [-0.3, -0.25) is 0 Å². The fraction of sp³-hybridized carbons (Fsp3) is 0.500. The quantitative estimate of drug-likeness (QED) is 0.850. The van der Waals surface area contributed by atoms with Crippen molar-refractivity contribution in [1.29, 1.82) is 0 Å². The van der Waals surface area contributed by atoms with Gasteiger partial charge in [0, 0.05) is 13.1 Å². The summed E-state index contributed by atoms with van der Waals surface area (Å²) < 4.78 is 33.7. The van der Waals surface area contributed by atoms with E-state index >= 15 is 0 Å². The molecule has 1 aliphatic heterocycles. The Morgan fingerprint density at radius 1 is 1.29 bits per heavy atom. The maximum atomic E-state index is 12.8. The van der Waals surface area contributed by atoms with Crippen molar-refractivity contribution in [1.82, 2.24) is 9.29 Å². The number of sulfonamides is 1. The molecule has 0 amide bonds. The third-order valence-corrected chi connectivity index (χ3v) is 6.27. The highest BCUT2D eigenvalue weighted by atomic mass is 32.2. The van der Waals surface area contributed by atoms with Crippen LogP contribution in [0.5, 0.6) is 0 Å². The Hall–Kier alpha value is -1.02. The van der Waals surface area contributed by atoms with E-state index < -0.39 is 10.0 Å². The Morgan fingerprint density at radius 2 is 1.95 bits per heavy atom. The Balaban J connectivity index is 1.99. The van der Waals surface area contributed by atoms with Crippen molar-refractivity contribution in [2.24, 2.45) is 0 Å². The van der Waals surface area contributed by atoms with Crippen LogP contribution in [0.15, 0.2) is 23.1 Å². The maximum Gasteiger partial charge on any atom is 0.243 e. The normalized spacial score (nSPS) is 24.5. The zero-order valence-corrected chi connectivity index (χ0v) is 13.9. The van der Waals surface area contributed by atoms with Gasteiger partial charge in [-0.05, 0) is 39.0 Å². The topological polar surface area (TPSA) is 59.5 Å². The first kappa shape index (κ1) is 14.9. The SMILES string of the molecule is Cc1nc2cc(S(=O)(=O)N3CC(C)OC(C)C3)ccc2s1. The van der Waals surface area contributed by atoms with Crippen molar-refractivity contribution in [3.05, 3.63) is 23.2 Å². The minimum absolute atomic E-state index is 0.0891. The molecule has 1 saturated heterocycles. The molecule has 114 valence electrons. The van der Waals surface area contributed by atoms with E-state index in [9.17, 15) is 8.42 Å². The molecule has 0 N–H and O–H groups in total. The van der Waals surface area contributed by atoms with Crippen LogP contribution < -0.4 is 0 Å². The second kappa shape index (κ2) is 5.31. The van der Waals surface area contributed by atoms with Crippen molar-refractivity contribution in [2.75, 3.05) is 13.1 Å². The summed E-state index contributed by atoms with van der Waals surface area (Å²) in [4.78, 5) is 4.68. The molecule has 1 fully saturated rings. The molecule has 0 saturated carbocycles. The van der Waals surface area contributed by atoms with Crippen molar-refractivity contribution in [3.8, 4) is 0 Å². The number of thiazole rings is 1. The Bertz CT molecular complexity index is 760. The molecule has 0 bridgehead atoms. The highest BCUT2D eigenvalue weighted by Gasteiger charge is 2.32. The second-order valence-electron chi connectivity index (χ2n) is 5.44. The lowest BCUT2D eigenvalue weighted by atomic mass is 10.3. The highest BCUT2D eigenvalue weighted by molar-refractivity contribution is 7.89. The average Bonchev–Trinajstić information content (AvgIpc) is 2.76. The van der Waals surface area contributed by atoms with Crippen LogP contribution in [0, 0.1) is 6.92 Å². The highest BCUT2D eigenvalue weighted by Crippen LogP contribution is 2.27. The van der Waals surface area contributed by atoms with E-state index in [1.165, 1.54) is 4.31 Å². The molecule has 0 radical (unpaired) electrons. The van der Waals surface area contributed by atoms with Crippen LogP contribution in [0.3, 0.4) is 0 Å². The fourth-order valence-electron chi connectivity index (χ4n) is 2.66. The lowest BCUT2D eigenvalue weighted by Crippen LogP contribution is -2.48. The number of aromatic nitrogens is 1.